The highest BCUT2D eigenvalue weighted by Crippen LogP contribution is 2.27. The van der Waals surface area contributed by atoms with Crippen molar-refractivity contribution in [3.8, 4) is 0 Å². The lowest BCUT2D eigenvalue weighted by Crippen LogP contribution is -2.10. The number of benzene rings is 1. The predicted octanol–water partition coefficient (Wildman–Crippen LogP) is 4.40. The van der Waals surface area contributed by atoms with Crippen LogP contribution in [0.25, 0.3) is 22.4 Å². The van der Waals surface area contributed by atoms with Crippen LogP contribution in [0.2, 0.25) is 0 Å². The molecule has 0 aliphatic rings. The molecule has 1 N–H and O–H groups in total. The predicted molar refractivity (Wildman–Crippen MR) is 104 cm³/mol. The third-order valence-electron chi connectivity index (χ3n) is 3.58. The van der Waals surface area contributed by atoms with Gasteiger partial charge in [-0.05, 0) is 43.2 Å². The van der Waals surface area contributed by atoms with Gasteiger partial charge in [-0.2, -0.15) is 0 Å². The molecule has 0 spiro atoms. The molecule has 0 atom stereocenters. The number of halogens is 1. The highest BCUT2D eigenvalue weighted by atomic mass is 79.9. The lowest BCUT2D eigenvalue weighted by molar-refractivity contribution is 0.0531. The fourth-order valence-corrected chi connectivity index (χ4v) is 3.73. The van der Waals surface area contributed by atoms with E-state index in [2.05, 4.69) is 25.9 Å². The Bertz CT molecular complexity index is 1020. The van der Waals surface area contributed by atoms with E-state index in [0.29, 0.717) is 26.5 Å². The van der Waals surface area contributed by atoms with E-state index in [4.69, 9.17) is 4.74 Å². The minimum atomic E-state index is -0.422. The van der Waals surface area contributed by atoms with Gasteiger partial charge in [0.15, 0.2) is 0 Å². The van der Waals surface area contributed by atoms with Gasteiger partial charge in [-0.25, -0.2) is 9.78 Å². The number of thiophene rings is 1. The van der Waals surface area contributed by atoms with Gasteiger partial charge in [0.1, 0.15) is 15.5 Å². The Balaban J connectivity index is 2.00. The quantitative estimate of drug-likeness (QED) is 0.637. The van der Waals surface area contributed by atoms with Crippen LogP contribution in [-0.2, 0) is 4.74 Å². The number of hydrogen-bond donors (Lipinski definition) is 1. The largest absolute Gasteiger partial charge is 0.462 e. The average molecular weight is 419 g/mol. The summed E-state index contributed by atoms with van der Waals surface area (Å²) in [4.78, 5) is 32.5. The molecule has 0 aliphatic carbocycles. The second-order valence-electron chi connectivity index (χ2n) is 5.29. The molecule has 0 radical (unpaired) electrons. The summed E-state index contributed by atoms with van der Waals surface area (Å²) in [6.45, 7) is 3.77. The van der Waals surface area contributed by atoms with Crippen LogP contribution in [0, 0.1) is 6.92 Å². The SMILES string of the molecule is CCOC(=O)c1sc2nc(/C=C/c3ccc(Br)cc3)[nH]c(=O)c2c1C. The van der Waals surface area contributed by atoms with Crippen LogP contribution in [0.3, 0.4) is 0 Å². The van der Waals surface area contributed by atoms with Gasteiger partial charge in [0, 0.05) is 4.47 Å². The molecule has 0 saturated heterocycles. The van der Waals surface area contributed by atoms with Crippen LogP contribution in [0.5, 0.6) is 0 Å². The van der Waals surface area contributed by atoms with Gasteiger partial charge in [0.2, 0.25) is 0 Å². The van der Waals surface area contributed by atoms with Gasteiger partial charge in [0.05, 0.1) is 12.0 Å². The van der Waals surface area contributed by atoms with Crippen molar-refractivity contribution >= 4 is 55.6 Å². The first-order chi connectivity index (χ1) is 12.0. The number of H-pyrrole nitrogens is 1. The minimum Gasteiger partial charge on any atom is -0.462 e. The highest BCUT2D eigenvalue weighted by molar-refractivity contribution is 9.10. The van der Waals surface area contributed by atoms with Crippen molar-refractivity contribution in [3.05, 3.63) is 60.9 Å². The maximum Gasteiger partial charge on any atom is 0.348 e. The number of carbonyl (C=O) groups is 1. The van der Waals surface area contributed by atoms with E-state index in [1.54, 1.807) is 19.9 Å². The first-order valence-corrected chi connectivity index (χ1v) is 9.24. The van der Waals surface area contributed by atoms with Gasteiger partial charge in [-0.1, -0.05) is 34.1 Å². The molecule has 0 saturated carbocycles. The van der Waals surface area contributed by atoms with Crippen LogP contribution in [0.1, 0.15) is 33.5 Å². The Hall–Kier alpha value is -2.25. The van der Waals surface area contributed by atoms with E-state index in [9.17, 15) is 9.59 Å². The monoisotopic (exact) mass is 418 g/mol. The number of carbonyl (C=O) groups excluding carboxylic acids is 1. The maximum atomic E-state index is 12.4. The van der Waals surface area contributed by atoms with Gasteiger partial charge in [-0.3, -0.25) is 4.79 Å². The topological polar surface area (TPSA) is 72.0 Å². The van der Waals surface area contributed by atoms with Crippen LogP contribution in [0.4, 0.5) is 0 Å². The zero-order valence-corrected chi connectivity index (χ0v) is 16.0. The van der Waals surface area contributed by atoms with E-state index in [1.165, 1.54) is 11.3 Å². The normalized spacial score (nSPS) is 11.3. The van der Waals surface area contributed by atoms with Crippen molar-refractivity contribution in [2.75, 3.05) is 6.61 Å². The maximum absolute atomic E-state index is 12.4. The fourth-order valence-electron chi connectivity index (χ4n) is 2.38. The van der Waals surface area contributed by atoms with E-state index < -0.39 is 5.97 Å². The zero-order chi connectivity index (χ0) is 18.0. The number of aromatic amines is 1. The number of hydrogen-bond acceptors (Lipinski definition) is 5. The molecular formula is C18H15BrN2O3S. The molecule has 0 aliphatic heterocycles. The highest BCUT2D eigenvalue weighted by Gasteiger charge is 2.19. The number of ether oxygens (including phenoxy) is 1. The number of esters is 1. The van der Waals surface area contributed by atoms with Crippen molar-refractivity contribution < 1.29 is 9.53 Å². The molecular weight excluding hydrogens is 404 g/mol. The molecule has 0 unspecified atom stereocenters. The number of aryl methyl sites for hydroxylation is 1. The summed E-state index contributed by atoms with van der Waals surface area (Å²) in [5, 5.41) is 0.439. The van der Waals surface area contributed by atoms with Gasteiger partial charge < -0.3 is 9.72 Å². The summed E-state index contributed by atoms with van der Waals surface area (Å²) in [5.41, 5.74) is 1.33. The van der Waals surface area contributed by atoms with Crippen molar-refractivity contribution in [1.29, 1.82) is 0 Å². The molecule has 3 aromatic rings. The number of aromatic nitrogens is 2. The third kappa shape index (κ3) is 3.72. The summed E-state index contributed by atoms with van der Waals surface area (Å²) in [7, 11) is 0. The molecule has 7 heteroatoms. The average Bonchev–Trinajstić information content (AvgIpc) is 2.92. The Morgan fingerprint density at radius 1 is 1.32 bits per heavy atom. The van der Waals surface area contributed by atoms with Crippen LogP contribution >= 0.6 is 27.3 Å². The Morgan fingerprint density at radius 2 is 2.04 bits per heavy atom. The molecule has 5 nitrogen and oxygen atoms in total. The third-order valence-corrected chi connectivity index (χ3v) is 5.28. The standard InChI is InChI=1S/C18H15BrN2O3S/c1-3-24-18(23)15-10(2)14-16(22)20-13(21-17(14)25-15)9-6-11-4-7-12(19)8-5-11/h4-9H,3H2,1-2H3,(H,20,21,22)/b9-6+. The fraction of sp³-hybridized carbons (Fsp3) is 0.167. The molecule has 0 fully saturated rings. The van der Waals surface area contributed by atoms with Crippen molar-refractivity contribution in [1.82, 2.24) is 9.97 Å². The summed E-state index contributed by atoms with van der Waals surface area (Å²) in [6, 6.07) is 7.78. The van der Waals surface area contributed by atoms with E-state index in [1.807, 2.05) is 30.3 Å². The van der Waals surface area contributed by atoms with Crippen LogP contribution in [-0.4, -0.2) is 22.5 Å². The Labute approximate surface area is 156 Å². The van der Waals surface area contributed by atoms with E-state index in [0.717, 1.165) is 10.0 Å². The van der Waals surface area contributed by atoms with Crippen molar-refractivity contribution in [3.63, 3.8) is 0 Å². The lowest BCUT2D eigenvalue weighted by atomic mass is 10.2. The van der Waals surface area contributed by atoms with Gasteiger partial charge in [-0.15, -0.1) is 11.3 Å². The van der Waals surface area contributed by atoms with E-state index in [-0.39, 0.29) is 12.2 Å². The Morgan fingerprint density at radius 3 is 2.72 bits per heavy atom. The molecule has 3 rings (SSSR count). The first-order valence-electron chi connectivity index (χ1n) is 7.63. The second-order valence-corrected chi connectivity index (χ2v) is 7.21. The Kier molecular flexibility index (Phi) is 5.15. The van der Waals surface area contributed by atoms with Crippen molar-refractivity contribution in [2.24, 2.45) is 0 Å². The minimum absolute atomic E-state index is 0.259. The lowest BCUT2D eigenvalue weighted by Gasteiger charge is -1.98. The molecule has 0 bridgehead atoms. The number of fused-ring (bicyclic) bond motifs is 1. The number of nitrogens with one attached hydrogen (secondary N) is 1. The molecule has 25 heavy (non-hydrogen) atoms. The number of nitrogens with zero attached hydrogens (tertiary/aromatic N) is 1. The van der Waals surface area contributed by atoms with Gasteiger partial charge in [0.25, 0.3) is 5.56 Å². The summed E-state index contributed by atoms with van der Waals surface area (Å²) >= 11 is 4.57. The molecule has 128 valence electrons. The summed E-state index contributed by atoms with van der Waals surface area (Å²) in [5.74, 6) is 0.0198. The first kappa shape index (κ1) is 17.6. The van der Waals surface area contributed by atoms with Gasteiger partial charge >= 0.3 is 5.97 Å². The molecule has 1 aromatic carbocycles. The molecule has 0 amide bonds. The van der Waals surface area contributed by atoms with Crippen LogP contribution in [0.15, 0.2) is 33.5 Å². The molecule has 2 aromatic heterocycles. The molecule has 2 heterocycles. The second kappa shape index (κ2) is 7.33. The summed E-state index contributed by atoms with van der Waals surface area (Å²) < 4.78 is 6.04. The van der Waals surface area contributed by atoms with Crippen LogP contribution < -0.4 is 5.56 Å². The smallest absolute Gasteiger partial charge is 0.348 e. The van der Waals surface area contributed by atoms with Crippen molar-refractivity contribution in [2.45, 2.75) is 13.8 Å². The van der Waals surface area contributed by atoms with E-state index >= 15 is 0 Å². The number of rotatable bonds is 4. The summed E-state index contributed by atoms with van der Waals surface area (Å²) in [6.07, 6.45) is 3.60. The zero-order valence-electron chi connectivity index (χ0n) is 13.6.